The Morgan fingerprint density at radius 3 is 2.15 bits per heavy atom. The largest absolute Gasteiger partial charge is 0.425 e. The molecule has 2 atom stereocenters. The molecule has 136 valence electrons. The zero-order valence-electron chi connectivity index (χ0n) is 14.1. The van der Waals surface area contributed by atoms with Gasteiger partial charge in [-0.15, -0.1) is 23.5 Å². The maximum Gasteiger partial charge on any atom is 0.331 e. The van der Waals surface area contributed by atoms with E-state index in [1.54, 1.807) is 12.1 Å². The van der Waals surface area contributed by atoms with Crippen molar-refractivity contribution >= 4 is 41.3 Å². The van der Waals surface area contributed by atoms with Crippen LogP contribution in [0.15, 0.2) is 36.4 Å². The van der Waals surface area contributed by atoms with E-state index in [1.165, 1.54) is 5.56 Å². The number of rotatable bonds is 4. The topological polar surface area (TPSA) is 63.7 Å². The van der Waals surface area contributed by atoms with Gasteiger partial charge in [-0.25, -0.2) is 4.79 Å². The Hall–Kier alpha value is -1.73. The van der Waals surface area contributed by atoms with Crippen LogP contribution in [0, 0.1) is 11.8 Å². The van der Waals surface area contributed by atoms with Crippen molar-refractivity contribution in [1.82, 2.24) is 4.90 Å². The van der Waals surface area contributed by atoms with Crippen molar-refractivity contribution in [3.63, 3.8) is 0 Å². The van der Waals surface area contributed by atoms with Crippen LogP contribution in [-0.4, -0.2) is 40.7 Å². The number of imide groups is 1. The van der Waals surface area contributed by atoms with Crippen LogP contribution < -0.4 is 4.74 Å². The molecule has 0 radical (unpaired) electrons. The minimum absolute atomic E-state index is 0.257. The Bertz CT molecular complexity index is 729. The number of fused-ring (bicyclic) bond motifs is 1. The van der Waals surface area contributed by atoms with Gasteiger partial charge in [0.2, 0.25) is 11.8 Å². The smallest absolute Gasteiger partial charge is 0.331 e. The van der Waals surface area contributed by atoms with Crippen molar-refractivity contribution in [3.05, 3.63) is 42.0 Å². The average Bonchev–Trinajstić information content (AvgIpc) is 3.27. The van der Waals surface area contributed by atoms with Crippen molar-refractivity contribution in [2.45, 2.75) is 17.4 Å². The molecule has 0 aromatic heterocycles. The fourth-order valence-electron chi connectivity index (χ4n) is 3.56. The maximum absolute atomic E-state index is 12.4. The summed E-state index contributed by atoms with van der Waals surface area (Å²) in [6.07, 6.45) is 4.99. The molecule has 2 fully saturated rings. The Labute approximate surface area is 160 Å². The number of carbonyl (C=O) groups excluding carboxylic acids is 3. The molecule has 0 N–H and O–H groups in total. The molecule has 5 nitrogen and oxygen atoms in total. The fourth-order valence-corrected chi connectivity index (χ4v) is 6.42. The van der Waals surface area contributed by atoms with E-state index in [2.05, 4.69) is 0 Å². The van der Waals surface area contributed by atoms with Crippen LogP contribution in [0.5, 0.6) is 5.75 Å². The molecular weight excluding hydrogens is 370 g/mol. The highest BCUT2D eigenvalue weighted by Crippen LogP contribution is 2.45. The highest BCUT2D eigenvalue weighted by molar-refractivity contribution is 8.19. The monoisotopic (exact) mass is 389 g/mol. The van der Waals surface area contributed by atoms with Gasteiger partial charge in [0.05, 0.1) is 16.4 Å². The second-order valence-corrected chi connectivity index (χ2v) is 9.26. The highest BCUT2D eigenvalue weighted by atomic mass is 32.2. The predicted octanol–water partition coefficient (Wildman–Crippen LogP) is 3.02. The number of allylic oxidation sites excluding steroid dienone is 2. The van der Waals surface area contributed by atoms with Crippen molar-refractivity contribution in [2.75, 3.05) is 18.1 Å². The number of nitrogens with zero attached hydrogens (tertiary/aromatic N) is 1. The second kappa shape index (κ2) is 7.48. The van der Waals surface area contributed by atoms with E-state index in [0.717, 1.165) is 16.4 Å². The number of hydrogen-bond donors (Lipinski definition) is 0. The Balaban J connectivity index is 1.36. The summed E-state index contributed by atoms with van der Waals surface area (Å²) in [6, 6.07) is 7.46. The van der Waals surface area contributed by atoms with Crippen molar-refractivity contribution in [2.24, 2.45) is 11.8 Å². The van der Waals surface area contributed by atoms with Crippen LogP contribution in [0.25, 0.3) is 0 Å². The number of benzene rings is 1. The zero-order valence-corrected chi connectivity index (χ0v) is 15.8. The van der Waals surface area contributed by atoms with Gasteiger partial charge in [-0.05, 0) is 30.5 Å². The molecule has 26 heavy (non-hydrogen) atoms. The molecule has 1 aliphatic carbocycles. The van der Waals surface area contributed by atoms with E-state index in [0.29, 0.717) is 23.2 Å². The number of ether oxygens (including phenoxy) is 1. The quantitative estimate of drug-likeness (QED) is 0.341. The lowest BCUT2D eigenvalue weighted by molar-refractivity contribution is -0.148. The van der Waals surface area contributed by atoms with E-state index in [9.17, 15) is 14.4 Å². The standard InChI is InChI=1S/C19H19NO4S2/c21-16(11-20-17(22)14-3-1-2-4-15(14)18(20)23)24-13-7-5-12(6-8-13)19-25-9-10-26-19/h1-2,5-8,14-15,19H,3-4,9-11H2/t14-,15-/m0/s1. The summed E-state index contributed by atoms with van der Waals surface area (Å²) in [5, 5.41) is 0. The molecule has 3 aliphatic rings. The van der Waals surface area contributed by atoms with Gasteiger partial charge in [0.15, 0.2) is 0 Å². The van der Waals surface area contributed by atoms with Crippen LogP contribution in [0.4, 0.5) is 0 Å². The first-order valence-corrected chi connectivity index (χ1v) is 10.8. The van der Waals surface area contributed by atoms with Crippen LogP contribution >= 0.6 is 23.5 Å². The molecule has 1 aromatic carbocycles. The Morgan fingerprint density at radius 1 is 1.00 bits per heavy atom. The molecule has 0 spiro atoms. The van der Waals surface area contributed by atoms with Gasteiger partial charge in [0.1, 0.15) is 12.3 Å². The van der Waals surface area contributed by atoms with Crippen LogP contribution in [0.2, 0.25) is 0 Å². The van der Waals surface area contributed by atoms with E-state index in [1.807, 2.05) is 47.8 Å². The summed E-state index contributed by atoms with van der Waals surface area (Å²) in [4.78, 5) is 38.1. The van der Waals surface area contributed by atoms with Gasteiger partial charge in [0.25, 0.3) is 0 Å². The lowest BCUT2D eigenvalue weighted by atomic mass is 9.85. The van der Waals surface area contributed by atoms with E-state index in [-0.39, 0.29) is 30.2 Å². The predicted molar refractivity (Wildman–Crippen MR) is 102 cm³/mol. The summed E-state index contributed by atoms with van der Waals surface area (Å²) in [7, 11) is 0. The lowest BCUT2D eigenvalue weighted by Crippen LogP contribution is -2.37. The summed E-state index contributed by atoms with van der Waals surface area (Å²) >= 11 is 3.83. The molecular formula is C19H19NO4S2. The van der Waals surface area contributed by atoms with Crippen molar-refractivity contribution < 1.29 is 19.1 Å². The van der Waals surface area contributed by atoms with Gasteiger partial charge in [-0.1, -0.05) is 24.3 Å². The Kier molecular flexibility index (Phi) is 5.09. The van der Waals surface area contributed by atoms with Crippen molar-refractivity contribution in [1.29, 1.82) is 0 Å². The Morgan fingerprint density at radius 2 is 1.58 bits per heavy atom. The number of thioether (sulfide) groups is 2. The van der Waals surface area contributed by atoms with E-state index in [4.69, 9.17) is 4.74 Å². The molecule has 7 heteroatoms. The SMILES string of the molecule is O=C(CN1C(=O)[C@H]2CC=CC[C@@H]2C1=O)Oc1ccc(C2SCCS2)cc1. The minimum Gasteiger partial charge on any atom is -0.425 e. The highest BCUT2D eigenvalue weighted by Gasteiger charge is 2.47. The average molecular weight is 389 g/mol. The number of esters is 1. The first kappa shape index (κ1) is 17.7. The molecule has 4 rings (SSSR count). The molecule has 0 unspecified atom stereocenters. The lowest BCUT2D eigenvalue weighted by Gasteiger charge is -2.14. The van der Waals surface area contributed by atoms with Gasteiger partial charge >= 0.3 is 5.97 Å². The van der Waals surface area contributed by atoms with Crippen molar-refractivity contribution in [3.8, 4) is 5.75 Å². The molecule has 2 saturated heterocycles. The molecule has 0 bridgehead atoms. The maximum atomic E-state index is 12.4. The molecule has 2 aliphatic heterocycles. The normalized spacial score (nSPS) is 25.6. The summed E-state index contributed by atoms with van der Waals surface area (Å²) < 4.78 is 5.77. The summed E-state index contributed by atoms with van der Waals surface area (Å²) in [5.74, 6) is 1.00. The summed E-state index contributed by atoms with van der Waals surface area (Å²) in [6.45, 7) is -0.319. The summed E-state index contributed by atoms with van der Waals surface area (Å²) in [5.41, 5.74) is 1.21. The molecule has 1 aromatic rings. The van der Waals surface area contributed by atoms with Crippen LogP contribution in [-0.2, 0) is 14.4 Å². The van der Waals surface area contributed by atoms with E-state index < -0.39 is 5.97 Å². The minimum atomic E-state index is -0.587. The fraction of sp³-hybridized carbons (Fsp3) is 0.421. The first-order valence-electron chi connectivity index (χ1n) is 8.67. The molecule has 0 saturated carbocycles. The van der Waals surface area contributed by atoms with E-state index >= 15 is 0 Å². The van der Waals surface area contributed by atoms with Gasteiger partial charge in [-0.2, -0.15) is 0 Å². The van der Waals surface area contributed by atoms with Crippen LogP contribution in [0.1, 0.15) is 23.0 Å². The molecule has 2 amide bonds. The number of likely N-dealkylation sites (tertiary alicyclic amines) is 1. The molecule has 2 heterocycles. The first-order chi connectivity index (χ1) is 12.6. The van der Waals surface area contributed by atoms with Gasteiger partial charge in [0, 0.05) is 11.5 Å². The number of amides is 2. The van der Waals surface area contributed by atoms with Crippen LogP contribution in [0.3, 0.4) is 0 Å². The third-order valence-electron chi connectivity index (χ3n) is 4.89. The third kappa shape index (κ3) is 3.42. The zero-order chi connectivity index (χ0) is 18.1. The second-order valence-electron chi connectivity index (χ2n) is 6.54. The third-order valence-corrected chi connectivity index (χ3v) is 8.00. The van der Waals surface area contributed by atoms with Gasteiger partial charge in [-0.3, -0.25) is 14.5 Å². The van der Waals surface area contributed by atoms with Gasteiger partial charge < -0.3 is 4.74 Å². The number of hydrogen-bond acceptors (Lipinski definition) is 6. The number of carbonyl (C=O) groups is 3.